The van der Waals surface area contributed by atoms with E-state index in [1.807, 2.05) is 23.6 Å². The van der Waals surface area contributed by atoms with Crippen molar-refractivity contribution < 1.29 is 9.53 Å². The predicted octanol–water partition coefficient (Wildman–Crippen LogP) is 1.49. The number of rotatable bonds is 5. The molecule has 0 aliphatic heterocycles. The Morgan fingerprint density at radius 3 is 2.75 bits per heavy atom. The molecule has 2 aromatic rings. The van der Waals surface area contributed by atoms with Crippen molar-refractivity contribution in [1.29, 1.82) is 0 Å². The highest BCUT2D eigenvalue weighted by molar-refractivity contribution is 9.11. The number of benzene rings is 1. The van der Waals surface area contributed by atoms with Crippen LogP contribution in [0.3, 0.4) is 0 Å². The molecule has 0 atom stereocenters. The Balaban J connectivity index is 1.93. The standard InChI is InChI=1S/C11H11Br2N5O2/c12-7-2-1-3-8(13)10(7)20-5-4-18-6-9(16-17-18)11(19)15-14/h1-3,6H,4-5,14H2,(H,15,19). The summed E-state index contributed by atoms with van der Waals surface area (Å²) >= 11 is 6.82. The van der Waals surface area contributed by atoms with E-state index in [0.717, 1.165) is 8.95 Å². The summed E-state index contributed by atoms with van der Waals surface area (Å²) in [5.74, 6) is 5.25. The van der Waals surface area contributed by atoms with Crippen LogP contribution in [-0.2, 0) is 6.54 Å². The zero-order valence-electron chi connectivity index (χ0n) is 10.2. The Kier molecular flexibility index (Phi) is 5.10. The first-order valence-corrected chi connectivity index (χ1v) is 7.18. The van der Waals surface area contributed by atoms with Gasteiger partial charge >= 0.3 is 0 Å². The van der Waals surface area contributed by atoms with Gasteiger partial charge in [-0.2, -0.15) is 0 Å². The van der Waals surface area contributed by atoms with Crippen LogP contribution in [0.25, 0.3) is 0 Å². The maximum Gasteiger partial charge on any atom is 0.287 e. The van der Waals surface area contributed by atoms with Gasteiger partial charge in [0.1, 0.15) is 12.4 Å². The van der Waals surface area contributed by atoms with Gasteiger partial charge in [-0.3, -0.25) is 10.2 Å². The molecule has 0 aliphatic rings. The van der Waals surface area contributed by atoms with Crippen molar-refractivity contribution >= 4 is 37.8 Å². The molecule has 1 aromatic carbocycles. The molecule has 2 rings (SSSR count). The molecule has 0 bridgehead atoms. The minimum Gasteiger partial charge on any atom is -0.489 e. The second kappa shape index (κ2) is 6.82. The van der Waals surface area contributed by atoms with Crippen LogP contribution >= 0.6 is 31.9 Å². The first kappa shape index (κ1) is 14.9. The Labute approximate surface area is 131 Å². The molecule has 1 heterocycles. The lowest BCUT2D eigenvalue weighted by atomic mass is 10.3. The zero-order chi connectivity index (χ0) is 14.5. The van der Waals surface area contributed by atoms with Crippen LogP contribution in [-0.4, -0.2) is 27.5 Å². The van der Waals surface area contributed by atoms with Gasteiger partial charge in [-0.1, -0.05) is 11.3 Å². The van der Waals surface area contributed by atoms with Gasteiger partial charge in [0.25, 0.3) is 5.91 Å². The van der Waals surface area contributed by atoms with Crippen LogP contribution in [0.2, 0.25) is 0 Å². The SMILES string of the molecule is NNC(=O)c1cn(CCOc2c(Br)cccc2Br)nn1. The number of aromatic nitrogens is 3. The average molecular weight is 405 g/mol. The van der Waals surface area contributed by atoms with Gasteiger partial charge in [0, 0.05) is 0 Å². The van der Waals surface area contributed by atoms with Crippen LogP contribution in [0.5, 0.6) is 5.75 Å². The molecule has 0 radical (unpaired) electrons. The van der Waals surface area contributed by atoms with Gasteiger partial charge in [0.2, 0.25) is 0 Å². The summed E-state index contributed by atoms with van der Waals surface area (Å²) in [6, 6.07) is 5.68. The third-order valence-electron chi connectivity index (χ3n) is 2.39. The van der Waals surface area contributed by atoms with Crippen molar-refractivity contribution in [3.8, 4) is 5.75 Å². The largest absolute Gasteiger partial charge is 0.489 e. The number of carbonyl (C=O) groups is 1. The highest BCUT2D eigenvalue weighted by Gasteiger charge is 2.09. The number of hydrogen-bond acceptors (Lipinski definition) is 5. The molecule has 0 saturated heterocycles. The van der Waals surface area contributed by atoms with Crippen molar-refractivity contribution in [3.05, 3.63) is 39.0 Å². The highest BCUT2D eigenvalue weighted by Crippen LogP contribution is 2.32. The van der Waals surface area contributed by atoms with Crippen LogP contribution in [0.15, 0.2) is 33.3 Å². The Hall–Kier alpha value is -1.45. The molecule has 0 fully saturated rings. The van der Waals surface area contributed by atoms with E-state index >= 15 is 0 Å². The van der Waals surface area contributed by atoms with Gasteiger partial charge in [0.15, 0.2) is 5.69 Å². The molecule has 0 unspecified atom stereocenters. The molecule has 7 nitrogen and oxygen atoms in total. The summed E-state index contributed by atoms with van der Waals surface area (Å²) in [7, 11) is 0. The van der Waals surface area contributed by atoms with Crippen molar-refractivity contribution in [3.63, 3.8) is 0 Å². The summed E-state index contributed by atoms with van der Waals surface area (Å²) in [6.45, 7) is 0.840. The third-order valence-corrected chi connectivity index (χ3v) is 3.64. The Morgan fingerprint density at radius 2 is 2.10 bits per heavy atom. The lowest BCUT2D eigenvalue weighted by Gasteiger charge is -2.09. The molecule has 0 spiro atoms. The van der Waals surface area contributed by atoms with Crippen LogP contribution < -0.4 is 16.0 Å². The maximum absolute atomic E-state index is 11.2. The minimum atomic E-state index is -0.481. The number of hydrogen-bond donors (Lipinski definition) is 2. The fourth-order valence-electron chi connectivity index (χ4n) is 1.45. The number of hydrazine groups is 1. The van der Waals surface area contributed by atoms with Crippen molar-refractivity contribution in [2.45, 2.75) is 6.54 Å². The number of nitrogens with zero attached hydrogens (tertiary/aromatic N) is 3. The molecule has 0 aliphatic carbocycles. The van der Waals surface area contributed by atoms with E-state index in [0.29, 0.717) is 18.9 Å². The molecule has 3 N–H and O–H groups in total. The zero-order valence-corrected chi connectivity index (χ0v) is 13.4. The first-order chi connectivity index (χ1) is 9.61. The van der Waals surface area contributed by atoms with E-state index in [1.54, 1.807) is 0 Å². The van der Waals surface area contributed by atoms with Crippen LogP contribution in [0.4, 0.5) is 0 Å². The van der Waals surface area contributed by atoms with Gasteiger partial charge in [-0.25, -0.2) is 10.5 Å². The van der Waals surface area contributed by atoms with E-state index in [2.05, 4.69) is 42.2 Å². The van der Waals surface area contributed by atoms with E-state index in [9.17, 15) is 4.79 Å². The third kappa shape index (κ3) is 3.56. The number of nitrogens with two attached hydrogens (primary N) is 1. The first-order valence-electron chi connectivity index (χ1n) is 5.59. The van der Waals surface area contributed by atoms with E-state index in [4.69, 9.17) is 10.6 Å². The number of nitrogen functional groups attached to an aromatic ring is 1. The lowest BCUT2D eigenvalue weighted by molar-refractivity contribution is 0.0948. The summed E-state index contributed by atoms with van der Waals surface area (Å²) in [5.41, 5.74) is 2.15. The van der Waals surface area contributed by atoms with Gasteiger partial charge < -0.3 is 4.74 Å². The number of halogens is 2. The highest BCUT2D eigenvalue weighted by atomic mass is 79.9. The summed E-state index contributed by atoms with van der Waals surface area (Å²) in [6.07, 6.45) is 1.50. The summed E-state index contributed by atoms with van der Waals surface area (Å²) in [5, 5.41) is 7.50. The number of para-hydroxylation sites is 1. The quantitative estimate of drug-likeness (QED) is 0.447. The number of carbonyl (C=O) groups excluding carboxylic acids is 1. The van der Waals surface area contributed by atoms with Crippen LogP contribution in [0, 0.1) is 0 Å². The maximum atomic E-state index is 11.2. The smallest absolute Gasteiger partial charge is 0.287 e. The average Bonchev–Trinajstić information content (AvgIpc) is 2.90. The second-order valence-electron chi connectivity index (χ2n) is 3.74. The van der Waals surface area contributed by atoms with Gasteiger partial charge in [0.05, 0.1) is 21.7 Å². The molecule has 20 heavy (non-hydrogen) atoms. The minimum absolute atomic E-state index is 0.162. The molecule has 9 heteroatoms. The number of nitrogens with one attached hydrogen (secondary N) is 1. The fraction of sp³-hybridized carbons (Fsp3) is 0.182. The molecular weight excluding hydrogens is 394 g/mol. The van der Waals surface area contributed by atoms with Crippen molar-refractivity contribution in [1.82, 2.24) is 20.4 Å². The van der Waals surface area contributed by atoms with E-state index < -0.39 is 5.91 Å². The topological polar surface area (TPSA) is 95.1 Å². The number of amides is 1. The molecule has 0 saturated carbocycles. The van der Waals surface area contributed by atoms with Crippen molar-refractivity contribution in [2.75, 3.05) is 6.61 Å². The molecule has 1 amide bonds. The molecule has 1 aromatic heterocycles. The predicted molar refractivity (Wildman–Crippen MR) is 79.0 cm³/mol. The normalized spacial score (nSPS) is 10.3. The number of ether oxygens (including phenoxy) is 1. The van der Waals surface area contributed by atoms with E-state index in [1.165, 1.54) is 10.9 Å². The van der Waals surface area contributed by atoms with Crippen LogP contribution in [0.1, 0.15) is 10.5 Å². The summed E-state index contributed by atoms with van der Waals surface area (Å²) in [4.78, 5) is 11.2. The second-order valence-corrected chi connectivity index (χ2v) is 5.45. The van der Waals surface area contributed by atoms with Gasteiger partial charge in [-0.05, 0) is 44.0 Å². The van der Waals surface area contributed by atoms with E-state index in [-0.39, 0.29) is 5.69 Å². The van der Waals surface area contributed by atoms with Crippen molar-refractivity contribution in [2.24, 2.45) is 5.84 Å². The fourth-order valence-corrected chi connectivity index (χ4v) is 2.67. The molecule has 106 valence electrons. The Morgan fingerprint density at radius 1 is 1.40 bits per heavy atom. The Bertz CT molecular complexity index is 596. The lowest BCUT2D eigenvalue weighted by Crippen LogP contribution is -2.30. The monoisotopic (exact) mass is 403 g/mol. The molecular formula is C11H11Br2N5O2. The summed E-state index contributed by atoms with van der Waals surface area (Å²) < 4.78 is 8.88. The van der Waals surface area contributed by atoms with Gasteiger partial charge in [-0.15, -0.1) is 5.10 Å².